The monoisotopic (exact) mass is 483 g/mol. The summed E-state index contributed by atoms with van der Waals surface area (Å²) in [5.41, 5.74) is 6.42. The Labute approximate surface area is 205 Å². The molecule has 0 aliphatic carbocycles. The van der Waals surface area contributed by atoms with Crippen LogP contribution in [0.3, 0.4) is 0 Å². The van der Waals surface area contributed by atoms with Gasteiger partial charge in [0.05, 0.1) is 58.5 Å². The minimum Gasteiger partial charge on any atom is -0.489 e. The van der Waals surface area contributed by atoms with Gasteiger partial charge in [0.15, 0.2) is 0 Å². The van der Waals surface area contributed by atoms with Gasteiger partial charge in [-0.15, -0.1) is 0 Å². The number of rotatable bonds is 24. The third kappa shape index (κ3) is 18.5. The van der Waals surface area contributed by atoms with Gasteiger partial charge in [0.1, 0.15) is 19.0 Å². The van der Waals surface area contributed by atoms with Crippen LogP contribution in [0.2, 0.25) is 0 Å². The number of unbranched alkanes of at least 4 members (excludes halogenated alkanes) is 6. The summed E-state index contributed by atoms with van der Waals surface area (Å²) in [6, 6.07) is 7.38. The number of nitrogen functional groups attached to an aromatic ring is 1. The zero-order valence-corrected chi connectivity index (χ0v) is 21.0. The molecule has 0 unspecified atom stereocenters. The fourth-order valence-electron chi connectivity index (χ4n) is 3.10. The first-order chi connectivity index (χ1) is 16.7. The Morgan fingerprint density at radius 3 is 1.76 bits per heavy atom. The minimum atomic E-state index is -0.136. The van der Waals surface area contributed by atoms with E-state index < -0.39 is 0 Å². The van der Waals surface area contributed by atoms with Crippen molar-refractivity contribution in [3.05, 3.63) is 24.3 Å². The summed E-state index contributed by atoms with van der Waals surface area (Å²) in [6.45, 7) is 6.73. The summed E-state index contributed by atoms with van der Waals surface area (Å²) < 4.78 is 32.5. The van der Waals surface area contributed by atoms with Crippen molar-refractivity contribution in [1.29, 1.82) is 0 Å². The topological polar surface area (TPSA) is 98.5 Å². The van der Waals surface area contributed by atoms with Crippen LogP contribution >= 0.6 is 0 Å². The Morgan fingerprint density at radius 1 is 0.676 bits per heavy atom. The number of nitrogens with two attached hydrogens (primary N) is 1. The van der Waals surface area contributed by atoms with Gasteiger partial charge in [-0.3, -0.25) is 4.79 Å². The molecule has 8 heteroatoms. The number of carbonyl (C=O) groups is 1. The number of para-hydroxylation sites is 2. The second-order valence-electron chi connectivity index (χ2n) is 7.93. The van der Waals surface area contributed by atoms with Crippen LogP contribution in [0.5, 0.6) is 5.75 Å². The maximum absolute atomic E-state index is 11.6. The first-order valence-corrected chi connectivity index (χ1v) is 12.7. The van der Waals surface area contributed by atoms with Crippen LogP contribution in [0.4, 0.5) is 5.69 Å². The summed E-state index contributed by atoms with van der Waals surface area (Å²) in [7, 11) is 0. The number of esters is 1. The Kier molecular flexibility index (Phi) is 20.3. The van der Waals surface area contributed by atoms with Crippen molar-refractivity contribution < 1.29 is 33.2 Å². The largest absolute Gasteiger partial charge is 0.489 e. The number of hydrogen-bond acceptors (Lipinski definition) is 8. The number of benzene rings is 1. The highest BCUT2D eigenvalue weighted by Crippen LogP contribution is 2.19. The van der Waals surface area contributed by atoms with Gasteiger partial charge in [-0.2, -0.15) is 0 Å². The van der Waals surface area contributed by atoms with Gasteiger partial charge < -0.3 is 34.2 Å². The van der Waals surface area contributed by atoms with Gasteiger partial charge in [-0.25, -0.2) is 0 Å². The van der Waals surface area contributed by atoms with Crippen molar-refractivity contribution >= 4 is 11.7 Å². The molecule has 2 N–H and O–H groups in total. The van der Waals surface area contributed by atoms with Crippen LogP contribution in [-0.4, -0.2) is 72.0 Å². The molecule has 0 saturated heterocycles. The molecular weight excluding hydrogens is 438 g/mol. The fourth-order valence-corrected chi connectivity index (χ4v) is 3.10. The van der Waals surface area contributed by atoms with Crippen LogP contribution in [0.15, 0.2) is 24.3 Å². The van der Waals surface area contributed by atoms with E-state index in [9.17, 15) is 4.79 Å². The van der Waals surface area contributed by atoms with Gasteiger partial charge in [0, 0.05) is 6.42 Å². The van der Waals surface area contributed by atoms with Gasteiger partial charge in [-0.05, 0) is 18.6 Å². The van der Waals surface area contributed by atoms with Gasteiger partial charge in [0.2, 0.25) is 0 Å². The number of ether oxygens (including phenoxy) is 6. The molecule has 0 heterocycles. The molecule has 0 bridgehead atoms. The van der Waals surface area contributed by atoms with Gasteiger partial charge >= 0.3 is 5.97 Å². The number of anilines is 1. The predicted molar refractivity (Wildman–Crippen MR) is 133 cm³/mol. The molecule has 0 aliphatic rings. The van der Waals surface area contributed by atoms with Crippen LogP contribution in [0, 0.1) is 0 Å². The summed E-state index contributed by atoms with van der Waals surface area (Å²) in [4.78, 5) is 11.6. The summed E-state index contributed by atoms with van der Waals surface area (Å²) in [5.74, 6) is 0.534. The Morgan fingerprint density at radius 2 is 1.18 bits per heavy atom. The lowest BCUT2D eigenvalue weighted by molar-refractivity contribution is -0.145. The predicted octanol–water partition coefficient (Wildman–Crippen LogP) is 4.40. The van der Waals surface area contributed by atoms with Crippen molar-refractivity contribution in [2.45, 2.75) is 58.3 Å². The lowest BCUT2D eigenvalue weighted by Crippen LogP contribution is -2.15. The zero-order valence-electron chi connectivity index (χ0n) is 21.0. The number of carbonyl (C=O) groups excluding carboxylic acids is 1. The molecule has 1 rings (SSSR count). The van der Waals surface area contributed by atoms with E-state index in [2.05, 4.69) is 6.92 Å². The molecule has 0 saturated carbocycles. The van der Waals surface area contributed by atoms with E-state index in [1.54, 1.807) is 6.07 Å². The highest BCUT2D eigenvalue weighted by molar-refractivity contribution is 5.69. The maximum Gasteiger partial charge on any atom is 0.305 e. The van der Waals surface area contributed by atoms with Gasteiger partial charge in [0.25, 0.3) is 0 Å². The fraction of sp³-hybridized carbons (Fsp3) is 0.731. The van der Waals surface area contributed by atoms with Crippen molar-refractivity contribution in [2.75, 3.05) is 71.8 Å². The molecular formula is C26H45NO7. The molecule has 34 heavy (non-hydrogen) atoms. The molecule has 8 nitrogen and oxygen atoms in total. The van der Waals surface area contributed by atoms with E-state index in [0.717, 1.165) is 12.8 Å². The highest BCUT2D eigenvalue weighted by Gasteiger charge is 2.02. The summed E-state index contributed by atoms with van der Waals surface area (Å²) in [5, 5.41) is 0. The third-order valence-corrected chi connectivity index (χ3v) is 5.00. The molecule has 0 atom stereocenters. The molecule has 196 valence electrons. The molecule has 1 aromatic carbocycles. The van der Waals surface area contributed by atoms with E-state index in [-0.39, 0.29) is 5.97 Å². The lowest BCUT2D eigenvalue weighted by atomic mass is 10.1. The quantitative estimate of drug-likeness (QED) is 0.131. The first-order valence-electron chi connectivity index (χ1n) is 12.7. The van der Waals surface area contributed by atoms with Crippen LogP contribution in [0.1, 0.15) is 58.3 Å². The van der Waals surface area contributed by atoms with Crippen LogP contribution < -0.4 is 10.5 Å². The van der Waals surface area contributed by atoms with E-state index >= 15 is 0 Å². The molecule has 0 aliphatic heterocycles. The third-order valence-electron chi connectivity index (χ3n) is 5.00. The molecule has 0 spiro atoms. The zero-order chi connectivity index (χ0) is 24.5. The average Bonchev–Trinajstić information content (AvgIpc) is 2.84. The summed E-state index contributed by atoms with van der Waals surface area (Å²) in [6.07, 6.45) is 8.84. The number of hydrogen-bond donors (Lipinski definition) is 1. The van der Waals surface area contributed by atoms with E-state index in [4.69, 9.17) is 34.2 Å². The van der Waals surface area contributed by atoms with Crippen molar-refractivity contribution in [3.8, 4) is 5.75 Å². The normalized spacial score (nSPS) is 11.0. The molecule has 0 radical (unpaired) electrons. The minimum absolute atomic E-state index is 0.136. The molecule has 1 aromatic rings. The van der Waals surface area contributed by atoms with Crippen molar-refractivity contribution in [3.63, 3.8) is 0 Å². The van der Waals surface area contributed by atoms with Crippen molar-refractivity contribution in [1.82, 2.24) is 0 Å². The Balaban J connectivity index is 1.73. The average molecular weight is 484 g/mol. The second-order valence-corrected chi connectivity index (χ2v) is 7.93. The smallest absolute Gasteiger partial charge is 0.305 e. The maximum atomic E-state index is 11.6. The highest BCUT2D eigenvalue weighted by atomic mass is 16.6. The molecule has 0 amide bonds. The molecule has 0 aromatic heterocycles. The van der Waals surface area contributed by atoms with Crippen molar-refractivity contribution in [2.24, 2.45) is 0 Å². The Bertz CT molecular complexity index is 600. The SMILES string of the molecule is CCCCCCCCCC(=O)OCCOCCOCCOCCOCCOc1ccccc1N. The van der Waals surface area contributed by atoms with E-state index in [0.29, 0.717) is 83.9 Å². The Hall–Kier alpha value is -1.87. The van der Waals surface area contributed by atoms with Crippen LogP contribution in [-0.2, 0) is 28.5 Å². The summed E-state index contributed by atoms with van der Waals surface area (Å²) >= 11 is 0. The first kappa shape index (κ1) is 30.2. The van der Waals surface area contributed by atoms with E-state index in [1.165, 1.54) is 32.1 Å². The van der Waals surface area contributed by atoms with E-state index in [1.807, 2.05) is 18.2 Å². The second kappa shape index (κ2) is 22.9. The standard InChI is InChI=1S/C26H45NO7/c1-2-3-4-5-6-7-8-13-26(28)34-23-21-32-19-17-30-15-14-29-16-18-31-20-22-33-25-12-10-9-11-24(25)27/h9-12H,2-8,13-23,27H2,1H3. The lowest BCUT2D eigenvalue weighted by Gasteiger charge is -2.09. The van der Waals surface area contributed by atoms with Gasteiger partial charge in [-0.1, -0.05) is 57.6 Å². The molecule has 0 fully saturated rings. The van der Waals surface area contributed by atoms with Crippen LogP contribution in [0.25, 0.3) is 0 Å².